The molecule has 3 nitrogen and oxygen atoms in total. The normalized spacial score (nSPS) is 17.7. The summed E-state index contributed by atoms with van der Waals surface area (Å²) in [5.41, 5.74) is 4.29. The van der Waals surface area contributed by atoms with Gasteiger partial charge in [-0.15, -0.1) is 0 Å². The summed E-state index contributed by atoms with van der Waals surface area (Å²) in [5, 5.41) is 3.55. The maximum Gasteiger partial charge on any atom is 0.155 e. The fourth-order valence-corrected chi connectivity index (χ4v) is 2.16. The van der Waals surface area contributed by atoms with Crippen molar-refractivity contribution in [1.29, 1.82) is 0 Å². The number of hydrogen-bond donors (Lipinski definition) is 1. The van der Waals surface area contributed by atoms with E-state index in [1.54, 1.807) is 0 Å². The van der Waals surface area contributed by atoms with Gasteiger partial charge in [-0.05, 0) is 45.3 Å². The van der Waals surface area contributed by atoms with Gasteiger partial charge in [0.25, 0.3) is 0 Å². The predicted octanol–water partition coefficient (Wildman–Crippen LogP) is 2.97. The summed E-state index contributed by atoms with van der Waals surface area (Å²) in [6.07, 6.45) is 3.86. The standard InChI is InChI=1S/C15H21N3/c1-6-12-11-9-16-15(4,5)8-7-13(11)18-14(17-12)10(2)3/h6,16H,1-2,7-9H2,3-5H3. The van der Waals surface area contributed by atoms with Gasteiger partial charge in [-0.2, -0.15) is 0 Å². The van der Waals surface area contributed by atoms with Crippen LogP contribution in [0.5, 0.6) is 0 Å². The molecule has 0 radical (unpaired) electrons. The Morgan fingerprint density at radius 1 is 1.39 bits per heavy atom. The van der Waals surface area contributed by atoms with Crippen molar-refractivity contribution in [2.45, 2.75) is 45.7 Å². The summed E-state index contributed by atoms with van der Waals surface area (Å²) in [6, 6.07) is 0. The van der Waals surface area contributed by atoms with Gasteiger partial charge < -0.3 is 5.32 Å². The monoisotopic (exact) mass is 243 g/mol. The minimum absolute atomic E-state index is 0.141. The Labute approximate surface area is 109 Å². The highest BCUT2D eigenvalue weighted by Gasteiger charge is 2.24. The van der Waals surface area contributed by atoms with E-state index in [2.05, 4.69) is 42.3 Å². The molecule has 0 saturated carbocycles. The Balaban J connectivity index is 2.50. The Bertz CT molecular complexity index is 501. The highest BCUT2D eigenvalue weighted by atomic mass is 15.0. The van der Waals surface area contributed by atoms with Crippen LogP contribution in [0.25, 0.3) is 11.6 Å². The molecular formula is C15H21N3. The Morgan fingerprint density at radius 2 is 2.11 bits per heavy atom. The van der Waals surface area contributed by atoms with Crippen LogP contribution in [-0.4, -0.2) is 15.5 Å². The first-order valence-electron chi connectivity index (χ1n) is 6.36. The molecule has 0 amide bonds. The van der Waals surface area contributed by atoms with Crippen LogP contribution in [-0.2, 0) is 13.0 Å². The van der Waals surface area contributed by atoms with E-state index in [4.69, 9.17) is 0 Å². The van der Waals surface area contributed by atoms with Crippen molar-refractivity contribution < 1.29 is 0 Å². The zero-order valence-corrected chi connectivity index (χ0v) is 11.5. The topological polar surface area (TPSA) is 37.8 Å². The van der Waals surface area contributed by atoms with Crippen molar-refractivity contribution in [1.82, 2.24) is 15.3 Å². The number of allylic oxidation sites excluding steroid dienone is 1. The molecular weight excluding hydrogens is 222 g/mol. The fraction of sp³-hybridized carbons (Fsp3) is 0.467. The van der Waals surface area contributed by atoms with Gasteiger partial charge in [-0.25, -0.2) is 9.97 Å². The summed E-state index contributed by atoms with van der Waals surface area (Å²) >= 11 is 0. The van der Waals surface area contributed by atoms with Crippen LogP contribution in [0.3, 0.4) is 0 Å². The number of rotatable bonds is 2. The molecule has 0 spiro atoms. The molecule has 1 aliphatic rings. The first-order valence-corrected chi connectivity index (χ1v) is 6.36. The molecule has 2 heterocycles. The summed E-state index contributed by atoms with van der Waals surface area (Å²) < 4.78 is 0. The molecule has 1 aromatic rings. The van der Waals surface area contributed by atoms with E-state index in [1.807, 2.05) is 13.0 Å². The molecule has 0 saturated heterocycles. The highest BCUT2D eigenvalue weighted by molar-refractivity contribution is 5.58. The molecule has 0 atom stereocenters. The van der Waals surface area contributed by atoms with Gasteiger partial charge in [-0.1, -0.05) is 13.2 Å². The molecule has 0 aliphatic carbocycles. The summed E-state index contributed by atoms with van der Waals surface area (Å²) in [6.45, 7) is 15.0. The van der Waals surface area contributed by atoms with Gasteiger partial charge in [0.05, 0.1) is 5.69 Å². The van der Waals surface area contributed by atoms with E-state index < -0.39 is 0 Å². The fourth-order valence-electron chi connectivity index (χ4n) is 2.16. The molecule has 96 valence electrons. The quantitative estimate of drug-likeness (QED) is 0.867. The molecule has 0 bridgehead atoms. The molecule has 0 fully saturated rings. The van der Waals surface area contributed by atoms with Crippen molar-refractivity contribution in [3.05, 3.63) is 35.9 Å². The second kappa shape index (κ2) is 4.65. The van der Waals surface area contributed by atoms with E-state index in [9.17, 15) is 0 Å². The van der Waals surface area contributed by atoms with Crippen molar-refractivity contribution in [2.75, 3.05) is 0 Å². The third kappa shape index (κ3) is 2.51. The third-order valence-electron chi connectivity index (χ3n) is 3.43. The Kier molecular flexibility index (Phi) is 3.35. The number of aryl methyl sites for hydroxylation is 1. The van der Waals surface area contributed by atoms with Crippen LogP contribution < -0.4 is 5.32 Å². The number of nitrogens with one attached hydrogen (secondary N) is 1. The van der Waals surface area contributed by atoms with E-state index in [1.165, 1.54) is 5.56 Å². The minimum Gasteiger partial charge on any atom is -0.308 e. The Hall–Kier alpha value is -1.48. The minimum atomic E-state index is 0.141. The van der Waals surface area contributed by atoms with Crippen molar-refractivity contribution in [2.24, 2.45) is 0 Å². The van der Waals surface area contributed by atoms with Crippen LogP contribution in [0, 0.1) is 0 Å². The van der Waals surface area contributed by atoms with Crippen LogP contribution in [0.1, 0.15) is 50.0 Å². The highest BCUT2D eigenvalue weighted by Crippen LogP contribution is 2.24. The lowest BCUT2D eigenvalue weighted by molar-refractivity contribution is 0.372. The average Bonchev–Trinajstić information content (AvgIpc) is 2.47. The van der Waals surface area contributed by atoms with Crippen LogP contribution in [0.4, 0.5) is 0 Å². The van der Waals surface area contributed by atoms with Crippen molar-refractivity contribution >= 4 is 11.6 Å². The van der Waals surface area contributed by atoms with E-state index in [0.717, 1.165) is 42.2 Å². The lowest BCUT2D eigenvalue weighted by Crippen LogP contribution is -2.37. The summed E-state index contributed by atoms with van der Waals surface area (Å²) in [7, 11) is 0. The smallest absolute Gasteiger partial charge is 0.155 e. The third-order valence-corrected chi connectivity index (χ3v) is 3.43. The molecule has 0 unspecified atom stereocenters. The number of hydrogen-bond acceptors (Lipinski definition) is 3. The van der Waals surface area contributed by atoms with Crippen LogP contribution in [0.2, 0.25) is 0 Å². The number of fused-ring (bicyclic) bond motifs is 1. The molecule has 3 heteroatoms. The van der Waals surface area contributed by atoms with Crippen molar-refractivity contribution in [3.8, 4) is 0 Å². The SMILES string of the molecule is C=Cc1nc(C(=C)C)nc2c1CNC(C)(C)CC2. The van der Waals surface area contributed by atoms with Gasteiger partial charge in [-0.3, -0.25) is 0 Å². The molecule has 1 aliphatic heterocycles. The predicted molar refractivity (Wildman–Crippen MR) is 76.1 cm³/mol. The second-order valence-corrected chi connectivity index (χ2v) is 5.58. The summed E-state index contributed by atoms with van der Waals surface area (Å²) in [4.78, 5) is 9.17. The van der Waals surface area contributed by atoms with E-state index >= 15 is 0 Å². The lowest BCUT2D eigenvalue weighted by Gasteiger charge is -2.23. The molecule has 18 heavy (non-hydrogen) atoms. The first-order chi connectivity index (χ1) is 8.43. The zero-order chi connectivity index (χ0) is 13.3. The number of aromatic nitrogens is 2. The van der Waals surface area contributed by atoms with E-state index in [-0.39, 0.29) is 5.54 Å². The average molecular weight is 243 g/mol. The van der Waals surface area contributed by atoms with Gasteiger partial charge in [0.1, 0.15) is 0 Å². The van der Waals surface area contributed by atoms with Gasteiger partial charge >= 0.3 is 0 Å². The molecule has 1 aromatic heterocycles. The molecule has 1 N–H and O–H groups in total. The van der Waals surface area contributed by atoms with Gasteiger partial charge in [0.2, 0.25) is 0 Å². The van der Waals surface area contributed by atoms with Gasteiger partial charge in [0.15, 0.2) is 5.82 Å². The van der Waals surface area contributed by atoms with Gasteiger partial charge in [0, 0.05) is 23.3 Å². The zero-order valence-electron chi connectivity index (χ0n) is 11.5. The maximum atomic E-state index is 4.65. The maximum absolute atomic E-state index is 4.65. The first kappa shape index (κ1) is 13.0. The van der Waals surface area contributed by atoms with Crippen molar-refractivity contribution in [3.63, 3.8) is 0 Å². The van der Waals surface area contributed by atoms with E-state index in [0.29, 0.717) is 0 Å². The molecule has 0 aromatic carbocycles. The number of nitrogens with zero attached hydrogens (tertiary/aromatic N) is 2. The molecule has 2 rings (SSSR count). The van der Waals surface area contributed by atoms with Crippen LogP contribution in [0.15, 0.2) is 13.2 Å². The Morgan fingerprint density at radius 3 is 2.72 bits per heavy atom. The lowest BCUT2D eigenvalue weighted by atomic mass is 9.98. The second-order valence-electron chi connectivity index (χ2n) is 5.58. The largest absolute Gasteiger partial charge is 0.308 e. The van der Waals surface area contributed by atoms with Crippen LogP contribution >= 0.6 is 0 Å². The summed E-state index contributed by atoms with van der Waals surface area (Å²) in [5.74, 6) is 0.739.